The molecule has 0 aliphatic carbocycles. The van der Waals surface area contributed by atoms with Crippen LogP contribution in [0.15, 0.2) is 85.7 Å². The second kappa shape index (κ2) is 23.6. The summed E-state index contributed by atoms with van der Waals surface area (Å²) in [5, 5.41) is 43.8. The molecule has 0 spiro atoms. The van der Waals surface area contributed by atoms with Gasteiger partial charge in [-0.2, -0.15) is 29.5 Å². The third-order valence-corrected chi connectivity index (χ3v) is 11.1. The molecule has 8 heterocycles. The van der Waals surface area contributed by atoms with E-state index in [2.05, 4.69) is 66.7 Å². The van der Waals surface area contributed by atoms with Crippen LogP contribution in [0.5, 0.6) is 11.5 Å². The molecule has 2 aliphatic heterocycles. The van der Waals surface area contributed by atoms with Gasteiger partial charge in [-0.3, -0.25) is 19.0 Å². The van der Waals surface area contributed by atoms with E-state index >= 15 is 0 Å². The molecule has 2 aromatic carbocycles. The van der Waals surface area contributed by atoms with E-state index in [0.717, 1.165) is 93.2 Å². The van der Waals surface area contributed by atoms with E-state index in [-0.39, 0.29) is 12.3 Å². The van der Waals surface area contributed by atoms with Crippen LogP contribution in [-0.2, 0) is 22.7 Å². The zero-order valence-electron chi connectivity index (χ0n) is 38.7. The molecule has 360 valence electrons. The third-order valence-electron chi connectivity index (χ3n) is 11.1. The van der Waals surface area contributed by atoms with Gasteiger partial charge in [0.1, 0.15) is 11.5 Å². The average molecular weight is 941 g/mol. The Morgan fingerprint density at radius 2 is 1.55 bits per heavy atom. The minimum absolute atomic E-state index is 0.152. The molecule has 4 N–H and O–H groups in total. The molecule has 69 heavy (non-hydrogen) atoms. The number of unbranched alkanes of at least 4 members (excludes halogenated alkanes) is 2. The lowest BCUT2D eigenvalue weighted by Crippen LogP contribution is -2.27. The second-order valence-electron chi connectivity index (χ2n) is 16.4. The Bertz CT molecular complexity index is 2890. The number of hydrogen-bond donors (Lipinski definition) is 4. The number of hydrogen-bond acceptors (Lipinski definition) is 17. The molecule has 0 unspecified atom stereocenters. The maximum atomic E-state index is 12.4. The fourth-order valence-corrected chi connectivity index (χ4v) is 7.30. The summed E-state index contributed by atoms with van der Waals surface area (Å²) in [6.07, 6.45) is 18.2. The molecule has 10 rings (SSSR count). The van der Waals surface area contributed by atoms with Crippen molar-refractivity contribution in [3.63, 3.8) is 0 Å². The summed E-state index contributed by atoms with van der Waals surface area (Å²) in [4.78, 5) is 42.7. The number of ether oxygens (including phenoxy) is 2. The van der Waals surface area contributed by atoms with Crippen LogP contribution in [0.1, 0.15) is 64.2 Å². The number of nitrogens with one attached hydrogen (secondary N) is 3. The van der Waals surface area contributed by atoms with E-state index < -0.39 is 5.97 Å². The predicted molar refractivity (Wildman–Crippen MR) is 256 cm³/mol. The number of benzene rings is 2. The summed E-state index contributed by atoms with van der Waals surface area (Å²) >= 11 is 0. The lowest BCUT2D eigenvalue weighted by molar-refractivity contribution is -0.137. The molecule has 23 heteroatoms. The fraction of sp³-hybridized carbons (Fsp3) is 0.391. The number of carboxylic acid groups (broad SMARTS) is 1. The van der Waals surface area contributed by atoms with E-state index in [1.165, 1.54) is 0 Å². The Labute approximate surface area is 397 Å². The molecule has 0 radical (unpaired) electrons. The Hall–Kier alpha value is -8.08. The van der Waals surface area contributed by atoms with Gasteiger partial charge in [0.15, 0.2) is 22.3 Å². The molecule has 0 atom stereocenters. The number of amides is 1. The van der Waals surface area contributed by atoms with E-state index in [1.54, 1.807) is 34.2 Å². The van der Waals surface area contributed by atoms with Crippen LogP contribution in [0.25, 0.3) is 33.7 Å². The highest BCUT2D eigenvalue weighted by molar-refractivity contribution is 5.76. The maximum Gasteiger partial charge on any atom is 0.303 e. The van der Waals surface area contributed by atoms with E-state index in [9.17, 15) is 9.59 Å². The van der Waals surface area contributed by atoms with Gasteiger partial charge in [0.2, 0.25) is 17.8 Å². The van der Waals surface area contributed by atoms with Crippen molar-refractivity contribution in [1.82, 2.24) is 79.7 Å². The number of anilines is 4. The standard InChI is InChI=1S/C23H29N9O3.C23H27N9O2/c1-24-11-3-4-12-31-16-17(14-26-31)27-23-25-15-20-22(28-23)32(30-29-20)18-7-9-19(10-8-18)35-13-5-2-6-21(33)34;1-30-11-3-4-12-31-16-17(14-25-31)26-23-24-15-20-22(27-23)32(29-28-20)18-7-9-19(10-8-18)34-13-5-2-6-21(30)33/h7-10,14-16,24H,2-6,11-13H2,1H3,(H,33,34)(H,25,27,28);7-10,14-16H,2-6,11-13H2,1H3,(H,24,26,27). The lowest BCUT2D eigenvalue weighted by Gasteiger charge is -2.17. The van der Waals surface area contributed by atoms with Crippen LogP contribution in [0, 0.1) is 0 Å². The van der Waals surface area contributed by atoms with Gasteiger partial charge < -0.3 is 35.4 Å². The number of nitrogens with zero attached hydrogens (tertiary/aromatic N) is 15. The number of carbonyl (C=O) groups is 2. The smallest absolute Gasteiger partial charge is 0.303 e. The van der Waals surface area contributed by atoms with Gasteiger partial charge >= 0.3 is 5.97 Å². The number of carbonyl (C=O) groups excluding carboxylic acids is 1. The molecule has 0 saturated heterocycles. The number of rotatable bonds is 14. The highest BCUT2D eigenvalue weighted by Crippen LogP contribution is 2.23. The molecule has 6 aromatic heterocycles. The van der Waals surface area contributed by atoms with Crippen molar-refractivity contribution in [2.24, 2.45) is 0 Å². The van der Waals surface area contributed by atoms with Gasteiger partial charge in [-0.1, -0.05) is 10.4 Å². The SMILES string of the molecule is CN1CCCCn2cc(cn2)Nc2ncc3nnn(c3n2)-c2ccc(cc2)OCCCCC1=O.CNCCCCn1cc(Nc2ncc3nnn(-c4ccc(OCCCCC(=O)O)cc4)c3n2)cn1. The second-order valence-corrected chi connectivity index (χ2v) is 16.4. The van der Waals surface area contributed by atoms with E-state index in [4.69, 9.17) is 14.6 Å². The Morgan fingerprint density at radius 3 is 2.32 bits per heavy atom. The number of aliphatic carboxylic acids is 1. The van der Waals surface area contributed by atoms with Crippen molar-refractivity contribution < 1.29 is 24.2 Å². The third kappa shape index (κ3) is 13.3. The normalized spacial score (nSPS) is 13.5. The number of carboxylic acids is 1. The minimum Gasteiger partial charge on any atom is -0.494 e. The first-order chi connectivity index (χ1) is 33.8. The summed E-state index contributed by atoms with van der Waals surface area (Å²) in [5.74, 6) is 1.72. The van der Waals surface area contributed by atoms with Crippen LogP contribution in [-0.4, -0.2) is 132 Å². The quantitative estimate of drug-likeness (QED) is 0.0948. The maximum absolute atomic E-state index is 12.4. The summed E-state index contributed by atoms with van der Waals surface area (Å²) in [5.41, 5.74) is 5.56. The molecule has 6 bridgehead atoms. The Morgan fingerprint density at radius 1 is 0.812 bits per heavy atom. The van der Waals surface area contributed by atoms with Crippen molar-refractivity contribution in [3.8, 4) is 22.9 Å². The largest absolute Gasteiger partial charge is 0.494 e. The zero-order chi connectivity index (χ0) is 47.8. The molecule has 23 nitrogen and oxygen atoms in total. The Balaban J connectivity index is 0.000000186. The first-order valence-electron chi connectivity index (χ1n) is 23.1. The minimum atomic E-state index is -0.789. The van der Waals surface area contributed by atoms with Crippen molar-refractivity contribution >= 4 is 57.5 Å². The topological polar surface area (TPSA) is 261 Å². The summed E-state index contributed by atoms with van der Waals surface area (Å²) in [6, 6.07) is 15.0. The summed E-state index contributed by atoms with van der Waals surface area (Å²) < 4.78 is 18.6. The van der Waals surface area contributed by atoms with Crippen molar-refractivity contribution in [2.75, 3.05) is 51.0 Å². The van der Waals surface area contributed by atoms with Gasteiger partial charge in [0.25, 0.3) is 0 Å². The van der Waals surface area contributed by atoms with Crippen molar-refractivity contribution in [2.45, 2.75) is 77.3 Å². The Kier molecular flexibility index (Phi) is 16.2. The average Bonchev–Trinajstić information content (AvgIpc) is 4.19. The molecule has 0 saturated carbocycles. The zero-order valence-corrected chi connectivity index (χ0v) is 38.7. The highest BCUT2D eigenvalue weighted by Gasteiger charge is 2.14. The highest BCUT2D eigenvalue weighted by atomic mass is 16.5. The van der Waals surface area contributed by atoms with Gasteiger partial charge in [-0.05, 0) is 113 Å². The summed E-state index contributed by atoms with van der Waals surface area (Å²) in [7, 11) is 3.82. The monoisotopic (exact) mass is 940 g/mol. The van der Waals surface area contributed by atoms with Gasteiger partial charge in [0, 0.05) is 51.9 Å². The molecule has 2 aliphatic rings. The molecular formula is C46H56N18O5. The van der Waals surface area contributed by atoms with Crippen LogP contribution in [0.4, 0.5) is 23.3 Å². The molecule has 8 aromatic rings. The fourth-order valence-electron chi connectivity index (χ4n) is 7.30. The molecular weight excluding hydrogens is 885 g/mol. The van der Waals surface area contributed by atoms with E-state index in [0.29, 0.717) is 72.5 Å². The van der Waals surface area contributed by atoms with Crippen LogP contribution < -0.4 is 25.4 Å². The summed E-state index contributed by atoms with van der Waals surface area (Å²) in [6.45, 7) is 4.38. The predicted octanol–water partition coefficient (Wildman–Crippen LogP) is 5.74. The van der Waals surface area contributed by atoms with Crippen molar-refractivity contribution in [1.29, 1.82) is 0 Å². The number of aryl methyl sites for hydroxylation is 2. The number of fused-ring (bicyclic) bond motifs is 13. The van der Waals surface area contributed by atoms with Gasteiger partial charge in [-0.15, -0.1) is 10.2 Å². The van der Waals surface area contributed by atoms with Crippen molar-refractivity contribution in [3.05, 3.63) is 85.7 Å². The van der Waals surface area contributed by atoms with Crippen LogP contribution >= 0.6 is 0 Å². The molecule has 1 amide bonds. The first-order valence-corrected chi connectivity index (χ1v) is 23.1. The first kappa shape index (κ1) is 47.4. The van der Waals surface area contributed by atoms with Gasteiger partial charge in [-0.25, -0.2) is 9.97 Å². The van der Waals surface area contributed by atoms with E-state index in [1.807, 2.05) is 89.3 Å². The lowest BCUT2D eigenvalue weighted by atomic mass is 10.2. The number of aromatic nitrogens is 14. The van der Waals surface area contributed by atoms with Crippen LogP contribution in [0.2, 0.25) is 0 Å². The molecule has 0 fully saturated rings. The van der Waals surface area contributed by atoms with Crippen LogP contribution in [0.3, 0.4) is 0 Å². The van der Waals surface area contributed by atoms with Gasteiger partial charge in [0.05, 0.1) is 60.8 Å².